The van der Waals surface area contributed by atoms with Crippen molar-refractivity contribution in [1.82, 2.24) is 10.6 Å². The molecule has 0 spiro atoms. The Morgan fingerprint density at radius 2 is 2.17 bits per heavy atom. The van der Waals surface area contributed by atoms with E-state index in [-0.39, 0.29) is 18.2 Å². The second kappa shape index (κ2) is 7.71. The highest BCUT2D eigenvalue weighted by Gasteiger charge is 2.11. The van der Waals surface area contributed by atoms with Gasteiger partial charge in [-0.2, -0.15) is 0 Å². The maximum atomic E-state index is 11.5. The summed E-state index contributed by atoms with van der Waals surface area (Å²) >= 11 is 3.10. The lowest BCUT2D eigenvalue weighted by molar-refractivity contribution is -0.120. The highest BCUT2D eigenvalue weighted by Crippen LogP contribution is 2.13. The molecule has 0 aliphatic rings. The van der Waals surface area contributed by atoms with Crippen LogP contribution in [0.15, 0.2) is 33.4 Å². The van der Waals surface area contributed by atoms with Gasteiger partial charge in [-0.1, -0.05) is 12.2 Å². The number of carbonyl (C=O) groups excluding carboxylic acids is 2. The fourth-order valence-corrected chi connectivity index (χ4v) is 1.51. The number of amides is 2. The minimum Gasteiger partial charge on any atom is -0.444 e. The standard InChI is InChI=1S/C12H15BrN2O3/c1-2-3-4-7-14-11(16)8-15-12(17)9-5-6-10(13)18-9/h2-3,5-6H,4,7-8H2,1H3,(H,14,16)(H,15,17)/b3-2+. The van der Waals surface area contributed by atoms with E-state index in [1.807, 2.05) is 19.1 Å². The summed E-state index contributed by atoms with van der Waals surface area (Å²) in [5.74, 6) is -0.466. The van der Waals surface area contributed by atoms with E-state index < -0.39 is 5.91 Å². The number of rotatable bonds is 6. The SMILES string of the molecule is C/C=C/CCNC(=O)CNC(=O)c1ccc(Br)o1. The third-order valence-electron chi connectivity index (χ3n) is 2.08. The van der Waals surface area contributed by atoms with Crippen LogP contribution in [0.5, 0.6) is 0 Å². The maximum absolute atomic E-state index is 11.5. The van der Waals surface area contributed by atoms with E-state index in [1.54, 1.807) is 6.07 Å². The van der Waals surface area contributed by atoms with Crippen molar-refractivity contribution in [3.8, 4) is 0 Å². The van der Waals surface area contributed by atoms with Crippen LogP contribution in [0.4, 0.5) is 0 Å². The summed E-state index contributed by atoms with van der Waals surface area (Å²) in [6, 6.07) is 3.15. The Kier molecular flexibility index (Phi) is 6.21. The number of halogens is 1. The first kappa shape index (κ1) is 14.5. The van der Waals surface area contributed by atoms with Crippen molar-refractivity contribution in [3.05, 3.63) is 34.7 Å². The van der Waals surface area contributed by atoms with E-state index in [2.05, 4.69) is 26.6 Å². The van der Waals surface area contributed by atoms with Gasteiger partial charge in [0.05, 0.1) is 6.54 Å². The quantitative estimate of drug-likeness (QED) is 0.622. The predicted octanol–water partition coefficient (Wildman–Crippen LogP) is 1.85. The zero-order valence-electron chi connectivity index (χ0n) is 10.0. The summed E-state index contributed by atoms with van der Waals surface area (Å²) < 4.78 is 5.53. The summed E-state index contributed by atoms with van der Waals surface area (Å²) in [4.78, 5) is 22.9. The molecule has 6 heteroatoms. The third-order valence-corrected chi connectivity index (χ3v) is 2.50. The second-order valence-corrected chi connectivity index (χ2v) is 4.28. The Balaban J connectivity index is 2.24. The van der Waals surface area contributed by atoms with Gasteiger partial charge >= 0.3 is 0 Å². The van der Waals surface area contributed by atoms with E-state index in [4.69, 9.17) is 4.42 Å². The fraction of sp³-hybridized carbons (Fsp3) is 0.333. The largest absolute Gasteiger partial charge is 0.444 e. The number of allylic oxidation sites excluding steroid dienone is 1. The molecule has 1 aromatic rings. The highest BCUT2D eigenvalue weighted by atomic mass is 79.9. The summed E-state index contributed by atoms with van der Waals surface area (Å²) in [5, 5.41) is 5.15. The van der Waals surface area contributed by atoms with Crippen molar-refractivity contribution in [1.29, 1.82) is 0 Å². The van der Waals surface area contributed by atoms with Gasteiger partial charge in [-0.25, -0.2) is 0 Å². The molecule has 5 nitrogen and oxygen atoms in total. The van der Waals surface area contributed by atoms with Crippen LogP contribution in [0, 0.1) is 0 Å². The molecular formula is C12H15BrN2O3. The highest BCUT2D eigenvalue weighted by molar-refractivity contribution is 9.10. The predicted molar refractivity (Wildman–Crippen MR) is 71.2 cm³/mol. The van der Waals surface area contributed by atoms with Crippen molar-refractivity contribution in [2.45, 2.75) is 13.3 Å². The van der Waals surface area contributed by atoms with Crippen LogP contribution in [-0.4, -0.2) is 24.9 Å². The molecule has 0 bridgehead atoms. The van der Waals surface area contributed by atoms with Crippen LogP contribution in [0.1, 0.15) is 23.9 Å². The lowest BCUT2D eigenvalue weighted by Crippen LogP contribution is -2.37. The van der Waals surface area contributed by atoms with Gasteiger partial charge in [0.2, 0.25) is 5.91 Å². The monoisotopic (exact) mass is 314 g/mol. The molecule has 98 valence electrons. The third kappa shape index (κ3) is 5.18. The van der Waals surface area contributed by atoms with Crippen LogP contribution in [0.3, 0.4) is 0 Å². The zero-order valence-corrected chi connectivity index (χ0v) is 11.6. The van der Waals surface area contributed by atoms with Gasteiger partial charge in [0.15, 0.2) is 10.4 Å². The van der Waals surface area contributed by atoms with Gasteiger partial charge < -0.3 is 15.1 Å². The minimum absolute atomic E-state index is 0.0625. The lowest BCUT2D eigenvalue weighted by atomic mass is 10.3. The van der Waals surface area contributed by atoms with Crippen molar-refractivity contribution in [2.75, 3.05) is 13.1 Å². The molecule has 2 N–H and O–H groups in total. The molecule has 18 heavy (non-hydrogen) atoms. The van der Waals surface area contributed by atoms with Crippen LogP contribution in [0.25, 0.3) is 0 Å². The van der Waals surface area contributed by atoms with Gasteiger partial charge in [-0.15, -0.1) is 0 Å². The first-order chi connectivity index (χ1) is 8.63. The topological polar surface area (TPSA) is 71.3 Å². The summed E-state index contributed by atoms with van der Waals surface area (Å²) in [6.07, 6.45) is 4.66. The van der Waals surface area contributed by atoms with Crippen molar-refractivity contribution < 1.29 is 14.0 Å². The maximum Gasteiger partial charge on any atom is 0.287 e. The Labute approximate surface area is 114 Å². The molecular weight excluding hydrogens is 300 g/mol. The molecule has 1 rings (SSSR count). The smallest absolute Gasteiger partial charge is 0.287 e. The van der Waals surface area contributed by atoms with E-state index in [9.17, 15) is 9.59 Å². The van der Waals surface area contributed by atoms with Crippen molar-refractivity contribution in [2.24, 2.45) is 0 Å². The van der Waals surface area contributed by atoms with Gasteiger partial charge in [-0.05, 0) is 41.4 Å². The second-order valence-electron chi connectivity index (χ2n) is 3.49. The van der Waals surface area contributed by atoms with E-state index in [0.717, 1.165) is 6.42 Å². The average molecular weight is 315 g/mol. The molecule has 1 aromatic heterocycles. The van der Waals surface area contributed by atoms with Crippen molar-refractivity contribution >= 4 is 27.7 Å². The Hall–Kier alpha value is -1.56. The normalized spacial score (nSPS) is 10.6. The van der Waals surface area contributed by atoms with Gasteiger partial charge in [-0.3, -0.25) is 9.59 Å². The fourth-order valence-electron chi connectivity index (χ4n) is 1.21. The summed E-state index contributed by atoms with van der Waals surface area (Å²) in [7, 11) is 0. The molecule has 0 saturated carbocycles. The number of carbonyl (C=O) groups is 2. The molecule has 1 heterocycles. The molecule has 0 fully saturated rings. The lowest BCUT2D eigenvalue weighted by Gasteiger charge is -2.04. The van der Waals surface area contributed by atoms with E-state index in [1.165, 1.54) is 6.07 Å². The van der Waals surface area contributed by atoms with E-state index in [0.29, 0.717) is 11.2 Å². The number of furan rings is 1. The first-order valence-corrected chi connectivity index (χ1v) is 6.34. The molecule has 0 aromatic carbocycles. The van der Waals surface area contributed by atoms with Gasteiger partial charge in [0.1, 0.15) is 0 Å². The Morgan fingerprint density at radius 3 is 2.78 bits per heavy atom. The molecule has 0 atom stereocenters. The van der Waals surface area contributed by atoms with Gasteiger partial charge in [0, 0.05) is 6.54 Å². The Bertz CT molecular complexity index is 440. The molecule has 0 radical (unpaired) electrons. The summed E-state index contributed by atoms with van der Waals surface area (Å²) in [5.41, 5.74) is 0. The minimum atomic E-state index is -0.413. The number of hydrogen-bond donors (Lipinski definition) is 2. The van der Waals surface area contributed by atoms with E-state index >= 15 is 0 Å². The molecule has 0 aliphatic heterocycles. The first-order valence-electron chi connectivity index (χ1n) is 5.55. The van der Waals surface area contributed by atoms with Crippen LogP contribution in [0.2, 0.25) is 0 Å². The molecule has 0 unspecified atom stereocenters. The van der Waals surface area contributed by atoms with Crippen molar-refractivity contribution in [3.63, 3.8) is 0 Å². The number of nitrogens with one attached hydrogen (secondary N) is 2. The zero-order chi connectivity index (χ0) is 13.4. The molecule has 2 amide bonds. The number of hydrogen-bond acceptors (Lipinski definition) is 3. The molecule has 0 saturated heterocycles. The average Bonchev–Trinajstić information content (AvgIpc) is 2.78. The van der Waals surface area contributed by atoms with Crippen LogP contribution < -0.4 is 10.6 Å². The Morgan fingerprint density at radius 1 is 1.39 bits per heavy atom. The molecule has 0 aliphatic carbocycles. The summed E-state index contributed by atoms with van der Waals surface area (Å²) in [6.45, 7) is 2.42. The van der Waals surface area contributed by atoms with Crippen LogP contribution >= 0.6 is 15.9 Å². The van der Waals surface area contributed by atoms with Gasteiger partial charge in [0.25, 0.3) is 5.91 Å². The van der Waals surface area contributed by atoms with Crippen LogP contribution in [-0.2, 0) is 4.79 Å².